The number of aryl methyl sites for hydroxylation is 2. The first-order chi connectivity index (χ1) is 12.0. The third kappa shape index (κ3) is 4.13. The van der Waals surface area contributed by atoms with Gasteiger partial charge in [0.2, 0.25) is 5.91 Å². The van der Waals surface area contributed by atoms with Crippen LogP contribution < -0.4 is 10.2 Å². The minimum absolute atomic E-state index is 0.172. The Hall–Kier alpha value is -2.49. The van der Waals surface area contributed by atoms with Crippen molar-refractivity contribution >= 4 is 17.3 Å². The average Bonchev–Trinajstić information content (AvgIpc) is 2.65. The molecule has 25 heavy (non-hydrogen) atoms. The lowest BCUT2D eigenvalue weighted by Gasteiger charge is -2.37. The van der Waals surface area contributed by atoms with Gasteiger partial charge >= 0.3 is 0 Å². The molecule has 0 bridgehead atoms. The number of hydrogen-bond acceptors (Lipinski definition) is 3. The van der Waals surface area contributed by atoms with Gasteiger partial charge in [-0.25, -0.2) is 0 Å². The number of para-hydroxylation sites is 1. The lowest BCUT2D eigenvalue weighted by molar-refractivity contribution is -0.131. The van der Waals surface area contributed by atoms with E-state index in [-0.39, 0.29) is 11.9 Å². The molecule has 0 radical (unpaired) electrons. The van der Waals surface area contributed by atoms with Crippen molar-refractivity contribution in [2.45, 2.75) is 26.8 Å². The molecule has 0 aliphatic carbocycles. The standard InChI is InChI=1S/C21H27N3O/c1-16-9-10-19(15-17(16)2)22-18(3)21(25)24-13-11-23(12-14-24)20-7-5-4-6-8-20/h4-10,15,18,22H,11-14H2,1-3H3. The highest BCUT2D eigenvalue weighted by Crippen LogP contribution is 2.18. The Morgan fingerprint density at radius 1 is 0.960 bits per heavy atom. The van der Waals surface area contributed by atoms with E-state index in [1.165, 1.54) is 16.8 Å². The molecule has 1 N–H and O–H groups in total. The van der Waals surface area contributed by atoms with Crippen LogP contribution in [-0.4, -0.2) is 43.0 Å². The summed E-state index contributed by atoms with van der Waals surface area (Å²) in [5, 5.41) is 3.35. The van der Waals surface area contributed by atoms with Gasteiger partial charge in [0, 0.05) is 37.6 Å². The molecule has 0 spiro atoms. The number of hydrogen-bond donors (Lipinski definition) is 1. The van der Waals surface area contributed by atoms with Crippen molar-refractivity contribution in [1.29, 1.82) is 0 Å². The Morgan fingerprint density at radius 2 is 1.64 bits per heavy atom. The van der Waals surface area contributed by atoms with Gasteiger partial charge in [-0.2, -0.15) is 0 Å². The zero-order chi connectivity index (χ0) is 17.8. The zero-order valence-electron chi connectivity index (χ0n) is 15.3. The lowest BCUT2D eigenvalue weighted by Crippen LogP contribution is -2.52. The van der Waals surface area contributed by atoms with Crippen LogP contribution in [0.5, 0.6) is 0 Å². The second kappa shape index (κ2) is 7.60. The van der Waals surface area contributed by atoms with Crippen LogP contribution in [-0.2, 0) is 4.79 Å². The number of nitrogens with zero attached hydrogens (tertiary/aromatic N) is 2. The molecule has 3 rings (SSSR count). The Kier molecular flexibility index (Phi) is 5.27. The second-order valence-corrected chi connectivity index (χ2v) is 6.81. The average molecular weight is 337 g/mol. The fourth-order valence-corrected chi connectivity index (χ4v) is 3.24. The van der Waals surface area contributed by atoms with E-state index in [0.29, 0.717) is 0 Å². The topological polar surface area (TPSA) is 35.6 Å². The summed E-state index contributed by atoms with van der Waals surface area (Å²) in [6.45, 7) is 9.44. The third-order valence-electron chi connectivity index (χ3n) is 4.97. The number of carbonyl (C=O) groups is 1. The molecule has 132 valence electrons. The third-order valence-corrected chi connectivity index (χ3v) is 4.97. The summed E-state index contributed by atoms with van der Waals surface area (Å²) < 4.78 is 0. The number of anilines is 2. The molecule has 2 aromatic rings. The van der Waals surface area contributed by atoms with Crippen molar-refractivity contribution in [2.75, 3.05) is 36.4 Å². The smallest absolute Gasteiger partial charge is 0.244 e. The summed E-state index contributed by atoms with van der Waals surface area (Å²) in [5.41, 5.74) is 4.74. The van der Waals surface area contributed by atoms with Gasteiger partial charge in [0.15, 0.2) is 0 Å². The molecule has 1 fully saturated rings. The summed E-state index contributed by atoms with van der Waals surface area (Å²) in [4.78, 5) is 17.1. The van der Waals surface area contributed by atoms with E-state index in [9.17, 15) is 4.79 Å². The molecule has 1 heterocycles. The SMILES string of the molecule is Cc1ccc(NC(C)C(=O)N2CCN(c3ccccc3)CC2)cc1C. The van der Waals surface area contributed by atoms with Crippen molar-refractivity contribution < 1.29 is 4.79 Å². The largest absolute Gasteiger partial charge is 0.374 e. The van der Waals surface area contributed by atoms with Crippen LogP contribution in [0.4, 0.5) is 11.4 Å². The molecule has 0 saturated carbocycles. The first-order valence-electron chi connectivity index (χ1n) is 8.97. The van der Waals surface area contributed by atoms with Gasteiger partial charge in [-0.05, 0) is 56.2 Å². The van der Waals surface area contributed by atoms with E-state index in [1.807, 2.05) is 24.0 Å². The van der Waals surface area contributed by atoms with Crippen LogP contribution in [0.1, 0.15) is 18.1 Å². The fraction of sp³-hybridized carbons (Fsp3) is 0.381. The molecular weight excluding hydrogens is 310 g/mol. The van der Waals surface area contributed by atoms with Crippen molar-refractivity contribution in [3.8, 4) is 0 Å². The number of amides is 1. The van der Waals surface area contributed by atoms with Gasteiger partial charge in [0.05, 0.1) is 0 Å². The quantitative estimate of drug-likeness (QED) is 0.928. The van der Waals surface area contributed by atoms with Crippen molar-refractivity contribution in [2.24, 2.45) is 0 Å². The van der Waals surface area contributed by atoms with Crippen molar-refractivity contribution in [3.63, 3.8) is 0 Å². The molecule has 0 aromatic heterocycles. The van der Waals surface area contributed by atoms with Gasteiger partial charge in [0.1, 0.15) is 6.04 Å². The Bertz CT molecular complexity index is 721. The van der Waals surface area contributed by atoms with Crippen LogP contribution in [0.3, 0.4) is 0 Å². The van der Waals surface area contributed by atoms with Crippen LogP contribution >= 0.6 is 0 Å². The predicted octanol–water partition coefficient (Wildman–Crippen LogP) is 3.45. The highest BCUT2D eigenvalue weighted by Gasteiger charge is 2.25. The summed E-state index contributed by atoms with van der Waals surface area (Å²) in [6.07, 6.45) is 0. The summed E-state index contributed by atoms with van der Waals surface area (Å²) in [5.74, 6) is 0.172. The normalized spacial score (nSPS) is 15.8. The van der Waals surface area contributed by atoms with Gasteiger partial charge in [-0.1, -0.05) is 24.3 Å². The maximum atomic E-state index is 12.7. The van der Waals surface area contributed by atoms with Gasteiger partial charge in [0.25, 0.3) is 0 Å². The fourth-order valence-electron chi connectivity index (χ4n) is 3.24. The number of nitrogens with one attached hydrogen (secondary N) is 1. The first-order valence-corrected chi connectivity index (χ1v) is 8.97. The molecule has 1 atom stereocenters. The van der Waals surface area contributed by atoms with Gasteiger partial charge in [-0.3, -0.25) is 4.79 Å². The lowest BCUT2D eigenvalue weighted by atomic mass is 10.1. The van der Waals surface area contributed by atoms with Gasteiger partial charge < -0.3 is 15.1 Å². The summed E-state index contributed by atoms with van der Waals surface area (Å²) in [6, 6.07) is 16.4. The monoisotopic (exact) mass is 337 g/mol. The molecule has 1 aliphatic rings. The van der Waals surface area contributed by atoms with E-state index in [4.69, 9.17) is 0 Å². The van der Waals surface area contributed by atoms with E-state index < -0.39 is 0 Å². The van der Waals surface area contributed by atoms with E-state index >= 15 is 0 Å². The predicted molar refractivity (Wildman–Crippen MR) is 104 cm³/mol. The maximum Gasteiger partial charge on any atom is 0.244 e. The Labute approximate surface area is 150 Å². The minimum atomic E-state index is -0.217. The maximum absolute atomic E-state index is 12.7. The summed E-state index contributed by atoms with van der Waals surface area (Å²) >= 11 is 0. The first kappa shape index (κ1) is 17.3. The molecule has 4 nitrogen and oxygen atoms in total. The van der Waals surface area contributed by atoms with Crippen molar-refractivity contribution in [1.82, 2.24) is 4.90 Å². The van der Waals surface area contributed by atoms with Gasteiger partial charge in [-0.15, -0.1) is 0 Å². The number of carbonyl (C=O) groups excluding carboxylic acids is 1. The van der Waals surface area contributed by atoms with E-state index in [0.717, 1.165) is 31.9 Å². The molecule has 1 saturated heterocycles. The molecule has 4 heteroatoms. The second-order valence-electron chi connectivity index (χ2n) is 6.81. The Balaban J connectivity index is 1.55. The number of benzene rings is 2. The molecule has 2 aromatic carbocycles. The minimum Gasteiger partial charge on any atom is -0.374 e. The van der Waals surface area contributed by atoms with Crippen LogP contribution in [0.2, 0.25) is 0 Å². The highest BCUT2D eigenvalue weighted by molar-refractivity contribution is 5.84. The van der Waals surface area contributed by atoms with E-state index in [1.54, 1.807) is 0 Å². The van der Waals surface area contributed by atoms with Crippen LogP contribution in [0.25, 0.3) is 0 Å². The van der Waals surface area contributed by atoms with Crippen LogP contribution in [0, 0.1) is 13.8 Å². The molecule has 1 aliphatic heterocycles. The van der Waals surface area contributed by atoms with E-state index in [2.05, 4.69) is 60.5 Å². The number of rotatable bonds is 4. The summed E-state index contributed by atoms with van der Waals surface area (Å²) in [7, 11) is 0. The molecule has 1 unspecified atom stereocenters. The molecule has 1 amide bonds. The Morgan fingerprint density at radius 3 is 2.28 bits per heavy atom. The van der Waals surface area contributed by atoms with Crippen molar-refractivity contribution in [3.05, 3.63) is 59.7 Å². The van der Waals surface area contributed by atoms with Crippen LogP contribution in [0.15, 0.2) is 48.5 Å². The molecular formula is C21H27N3O. The zero-order valence-corrected chi connectivity index (χ0v) is 15.3. The highest BCUT2D eigenvalue weighted by atomic mass is 16.2. The number of piperazine rings is 1.